The van der Waals surface area contributed by atoms with Crippen LogP contribution in [0.2, 0.25) is 0 Å². The van der Waals surface area contributed by atoms with Crippen LogP contribution in [0.25, 0.3) is 0 Å². The van der Waals surface area contributed by atoms with Crippen LogP contribution in [0.15, 0.2) is 66.8 Å². The molecule has 8 heteroatoms. The Morgan fingerprint density at radius 3 is 2.29 bits per heavy atom. The number of carbonyl (C=O) groups excluding carboxylic acids is 3. The summed E-state index contributed by atoms with van der Waals surface area (Å²) in [7, 11) is 0. The molecule has 0 bridgehead atoms. The molecule has 1 heterocycles. The monoisotopic (exact) mass is 604 g/mol. The Morgan fingerprint density at radius 2 is 1.63 bits per heavy atom. The van der Waals surface area contributed by atoms with Gasteiger partial charge in [0.05, 0.1) is 18.8 Å². The van der Waals surface area contributed by atoms with E-state index >= 15 is 0 Å². The van der Waals surface area contributed by atoms with Crippen molar-refractivity contribution in [2.24, 2.45) is 35.5 Å². The zero-order chi connectivity index (χ0) is 30.4. The number of halogens is 2. The van der Waals surface area contributed by atoms with E-state index in [4.69, 9.17) is 32.7 Å². The summed E-state index contributed by atoms with van der Waals surface area (Å²) < 4.78 is 8.77. The number of carbonyl (C=O) groups is 3. The van der Waals surface area contributed by atoms with Crippen LogP contribution < -0.4 is 0 Å². The molecular weight excluding hydrogens is 563 g/mol. The predicted octanol–water partition coefficient (Wildman–Crippen LogP) is 6.43. The first-order chi connectivity index (χ1) is 19.3. The quantitative estimate of drug-likeness (QED) is 0.167. The minimum absolute atomic E-state index is 0.0907. The van der Waals surface area contributed by atoms with Crippen LogP contribution in [0.5, 0.6) is 0 Å². The lowest BCUT2D eigenvalue weighted by Gasteiger charge is -2.43. The Hall–Kier alpha value is -2.25. The number of hydrogen-bond donors (Lipinski definition) is 1. The molecule has 1 aliphatic heterocycles. The minimum Gasteiger partial charge on any atom is -0.458 e. The van der Waals surface area contributed by atoms with Crippen molar-refractivity contribution >= 4 is 40.7 Å². The average molecular weight is 606 g/mol. The summed E-state index contributed by atoms with van der Waals surface area (Å²) in [5.41, 5.74) is -0.162. The summed E-state index contributed by atoms with van der Waals surface area (Å²) in [6, 6.07) is 9.73. The second kappa shape index (κ2) is 14.3. The predicted molar refractivity (Wildman–Crippen MR) is 161 cm³/mol. The van der Waals surface area contributed by atoms with Gasteiger partial charge >= 0.3 is 5.97 Å². The molecule has 2 aliphatic rings. The average Bonchev–Trinajstić information content (AvgIpc) is 2.93. The Morgan fingerprint density at radius 1 is 0.976 bits per heavy atom. The first-order valence-electron chi connectivity index (χ1n) is 14.3. The molecule has 0 fully saturated rings. The molecule has 6 nitrogen and oxygen atoms in total. The molecule has 0 spiro atoms. The summed E-state index contributed by atoms with van der Waals surface area (Å²) in [5.74, 6) is -5.20. The third kappa shape index (κ3) is 8.41. The Balaban J connectivity index is 1.92. The molecule has 0 saturated heterocycles. The van der Waals surface area contributed by atoms with E-state index in [1.165, 1.54) is 6.92 Å². The molecule has 41 heavy (non-hydrogen) atoms. The van der Waals surface area contributed by atoms with Gasteiger partial charge in [0.15, 0.2) is 11.6 Å². The molecule has 1 aliphatic carbocycles. The van der Waals surface area contributed by atoms with Crippen molar-refractivity contribution < 1.29 is 29.0 Å². The van der Waals surface area contributed by atoms with Gasteiger partial charge in [-0.05, 0) is 62.5 Å². The molecule has 0 aromatic heterocycles. The van der Waals surface area contributed by atoms with Crippen LogP contribution >= 0.6 is 23.2 Å². The van der Waals surface area contributed by atoms with Crippen LogP contribution in [0.3, 0.4) is 0 Å². The van der Waals surface area contributed by atoms with Gasteiger partial charge < -0.3 is 14.6 Å². The number of hydrogen-bond acceptors (Lipinski definition) is 6. The number of allylic oxidation sites excluding steroid dienone is 5. The molecule has 0 unspecified atom stereocenters. The first-order valence-corrected chi connectivity index (χ1v) is 15.1. The highest BCUT2D eigenvalue weighted by atomic mass is 35.5. The van der Waals surface area contributed by atoms with Crippen molar-refractivity contribution in [3.8, 4) is 0 Å². The third-order valence-electron chi connectivity index (χ3n) is 8.16. The Bertz CT molecular complexity index is 1160. The van der Waals surface area contributed by atoms with E-state index in [2.05, 4.69) is 6.08 Å². The summed E-state index contributed by atoms with van der Waals surface area (Å²) in [6.07, 6.45) is 11.7. The van der Waals surface area contributed by atoms with Crippen LogP contribution in [0, 0.1) is 35.5 Å². The second-order valence-electron chi connectivity index (χ2n) is 11.7. The molecule has 8 atom stereocenters. The van der Waals surface area contributed by atoms with Gasteiger partial charge in [-0.3, -0.25) is 14.4 Å². The number of benzene rings is 1. The van der Waals surface area contributed by atoms with Crippen molar-refractivity contribution in [2.45, 2.75) is 70.1 Å². The highest BCUT2D eigenvalue weighted by Gasteiger charge is 2.54. The molecule has 3 rings (SSSR count). The van der Waals surface area contributed by atoms with E-state index < -0.39 is 45.4 Å². The lowest BCUT2D eigenvalue weighted by molar-refractivity contribution is -0.154. The maximum atomic E-state index is 14.2. The summed E-state index contributed by atoms with van der Waals surface area (Å²) in [5, 5.41) is 11.3. The highest BCUT2D eigenvalue weighted by Crippen LogP contribution is 2.47. The molecular formula is C33H42Cl2O6. The summed E-state index contributed by atoms with van der Waals surface area (Å²) >= 11 is 13.1. The molecule has 1 aromatic carbocycles. The van der Waals surface area contributed by atoms with Crippen molar-refractivity contribution in [3.05, 3.63) is 72.4 Å². The van der Waals surface area contributed by atoms with E-state index in [1.54, 1.807) is 26.0 Å². The van der Waals surface area contributed by atoms with Crippen molar-refractivity contribution in [1.29, 1.82) is 0 Å². The van der Waals surface area contributed by atoms with Crippen LogP contribution in [0.1, 0.15) is 53.0 Å². The molecule has 1 N–H and O–H groups in total. The third-order valence-corrected chi connectivity index (χ3v) is 8.91. The highest BCUT2D eigenvalue weighted by molar-refractivity contribution is 6.68. The standard InChI is InChI=1S/C33H42Cl2O6/c1-6-26-25(18-32(5,39)20-40-19-24-14-8-7-9-15-24)16-17-27-21(2)12-10-11-13-22(3)41-31(38)23(4)29(36)33(34,35)30(37)28(26)27/h7-17,21-23,25-28,39H,6,18-20H2,1-5H3/b12-10-,13-11+/t21-,22+,23+,25-,26-,27+,28+,32-/m1/s1. The number of rotatable bonds is 7. The van der Waals surface area contributed by atoms with Crippen molar-refractivity contribution in [2.75, 3.05) is 6.61 Å². The fraction of sp³-hybridized carbons (Fsp3) is 0.545. The summed E-state index contributed by atoms with van der Waals surface area (Å²) in [6.45, 7) is 9.23. The maximum absolute atomic E-state index is 14.2. The van der Waals surface area contributed by atoms with Gasteiger partial charge in [0.2, 0.25) is 4.33 Å². The zero-order valence-electron chi connectivity index (χ0n) is 24.5. The lowest BCUT2D eigenvalue weighted by Crippen LogP contribution is -2.51. The fourth-order valence-corrected chi connectivity index (χ4v) is 6.46. The Kier molecular flexibility index (Phi) is 11.6. The first kappa shape index (κ1) is 33.3. The molecule has 0 radical (unpaired) electrons. The molecule has 0 amide bonds. The number of ketones is 2. The fourth-order valence-electron chi connectivity index (χ4n) is 5.89. The van der Waals surface area contributed by atoms with Gasteiger partial charge in [-0.15, -0.1) is 0 Å². The zero-order valence-corrected chi connectivity index (χ0v) is 26.0. The van der Waals surface area contributed by atoms with Crippen molar-refractivity contribution in [1.82, 2.24) is 0 Å². The number of aliphatic hydroxyl groups is 1. The number of Topliss-reactive ketones (excluding diaryl/α,β-unsaturated/α-hetero) is 2. The van der Waals surface area contributed by atoms with Gasteiger partial charge in [0.25, 0.3) is 0 Å². The van der Waals surface area contributed by atoms with Gasteiger partial charge in [-0.2, -0.15) is 0 Å². The molecule has 224 valence electrons. The SMILES string of the molecule is CC[C@H]1[C@@H]2C(=O)C(Cl)(Cl)C(=O)[C@H](C)C(=O)O[C@@H](C)/C=C/C=C\[C@@H](C)[C@@H]2C=C[C@@H]1C[C@@](C)(O)COCc1ccccc1. The van der Waals surface area contributed by atoms with E-state index in [0.29, 0.717) is 19.4 Å². The van der Waals surface area contributed by atoms with Gasteiger partial charge in [-0.1, -0.05) is 104 Å². The topological polar surface area (TPSA) is 89.9 Å². The van der Waals surface area contributed by atoms with Crippen LogP contribution in [-0.4, -0.2) is 45.3 Å². The normalized spacial score (nSPS) is 33.7. The van der Waals surface area contributed by atoms with E-state index in [9.17, 15) is 19.5 Å². The number of cyclic esters (lactones) is 1. The maximum Gasteiger partial charge on any atom is 0.316 e. The minimum atomic E-state index is -2.43. The largest absolute Gasteiger partial charge is 0.458 e. The lowest BCUT2D eigenvalue weighted by atomic mass is 9.62. The van der Waals surface area contributed by atoms with Crippen LogP contribution in [0.4, 0.5) is 0 Å². The van der Waals surface area contributed by atoms with Gasteiger partial charge in [-0.25, -0.2) is 0 Å². The van der Waals surface area contributed by atoms with Crippen LogP contribution in [-0.2, 0) is 30.5 Å². The van der Waals surface area contributed by atoms with E-state index in [0.717, 1.165) is 5.56 Å². The number of alkyl halides is 2. The number of fused-ring (bicyclic) bond motifs is 1. The van der Waals surface area contributed by atoms with Gasteiger partial charge in [0, 0.05) is 5.92 Å². The smallest absolute Gasteiger partial charge is 0.316 e. The van der Waals surface area contributed by atoms with E-state index in [1.807, 2.05) is 62.4 Å². The van der Waals surface area contributed by atoms with E-state index in [-0.39, 0.29) is 30.3 Å². The van der Waals surface area contributed by atoms with Gasteiger partial charge in [0.1, 0.15) is 12.0 Å². The molecule has 1 aromatic rings. The number of ether oxygens (including phenoxy) is 2. The van der Waals surface area contributed by atoms with Crippen molar-refractivity contribution in [3.63, 3.8) is 0 Å². The second-order valence-corrected chi connectivity index (χ2v) is 13.0. The molecule has 0 saturated carbocycles. The summed E-state index contributed by atoms with van der Waals surface area (Å²) in [4.78, 5) is 40.2. The number of esters is 1. The Labute approximate surface area is 253 Å².